The molecule has 138 valence electrons. The molecule has 27 heavy (non-hydrogen) atoms. The van der Waals surface area contributed by atoms with Gasteiger partial charge in [-0.05, 0) is 48.4 Å². The summed E-state index contributed by atoms with van der Waals surface area (Å²) in [4.78, 5) is 23.2. The van der Waals surface area contributed by atoms with Crippen LogP contribution in [0.4, 0.5) is 5.69 Å². The molecule has 7 nitrogen and oxygen atoms in total. The van der Waals surface area contributed by atoms with E-state index in [-0.39, 0.29) is 18.1 Å². The molecule has 2 aromatic carbocycles. The number of ether oxygens (including phenoxy) is 2. The molecule has 0 fully saturated rings. The summed E-state index contributed by atoms with van der Waals surface area (Å²) in [7, 11) is 1.45. The second-order valence-electron chi connectivity index (χ2n) is 5.65. The SMILES string of the molecule is COc1cc(C=C(C#N)C(N)=O)ccc1OCC(=O)Nc1cccc(C)c1. The summed E-state index contributed by atoms with van der Waals surface area (Å²) >= 11 is 0. The summed E-state index contributed by atoms with van der Waals surface area (Å²) in [6, 6.07) is 13.9. The average Bonchev–Trinajstić information content (AvgIpc) is 2.64. The molecule has 0 spiro atoms. The van der Waals surface area contributed by atoms with Crippen LogP contribution in [-0.4, -0.2) is 25.5 Å². The largest absolute Gasteiger partial charge is 0.493 e. The molecule has 3 N–H and O–H groups in total. The normalized spacial score (nSPS) is 10.6. The summed E-state index contributed by atoms with van der Waals surface area (Å²) in [5.74, 6) is -0.419. The molecule has 7 heteroatoms. The van der Waals surface area contributed by atoms with Gasteiger partial charge in [0.15, 0.2) is 18.1 Å². The number of amides is 2. The van der Waals surface area contributed by atoms with E-state index in [2.05, 4.69) is 5.32 Å². The molecule has 0 bridgehead atoms. The van der Waals surface area contributed by atoms with Crippen molar-refractivity contribution < 1.29 is 19.1 Å². The van der Waals surface area contributed by atoms with Gasteiger partial charge in [-0.3, -0.25) is 9.59 Å². The van der Waals surface area contributed by atoms with E-state index < -0.39 is 5.91 Å². The second kappa shape index (κ2) is 9.06. The van der Waals surface area contributed by atoms with Gasteiger partial charge in [0, 0.05) is 5.69 Å². The minimum atomic E-state index is -0.815. The third-order valence-electron chi connectivity index (χ3n) is 3.55. The number of nitrogens with one attached hydrogen (secondary N) is 1. The number of rotatable bonds is 7. The number of nitriles is 1. The van der Waals surface area contributed by atoms with Crippen molar-refractivity contribution in [3.05, 3.63) is 59.2 Å². The number of nitrogens with two attached hydrogens (primary N) is 1. The van der Waals surface area contributed by atoms with Gasteiger partial charge in [0.2, 0.25) is 0 Å². The Balaban J connectivity index is 2.07. The third-order valence-corrected chi connectivity index (χ3v) is 3.55. The van der Waals surface area contributed by atoms with Crippen LogP contribution in [0, 0.1) is 18.3 Å². The fourth-order valence-corrected chi connectivity index (χ4v) is 2.28. The molecule has 0 unspecified atom stereocenters. The maximum atomic E-state index is 12.0. The van der Waals surface area contributed by atoms with Gasteiger partial charge in [-0.1, -0.05) is 18.2 Å². The number of methoxy groups -OCH3 is 1. The van der Waals surface area contributed by atoms with Crippen molar-refractivity contribution in [2.45, 2.75) is 6.92 Å². The molecule has 2 aromatic rings. The predicted octanol–water partition coefficient (Wildman–Crippen LogP) is 2.41. The number of hydrogen-bond donors (Lipinski definition) is 2. The Hall–Kier alpha value is -3.79. The van der Waals surface area contributed by atoms with Gasteiger partial charge in [0.25, 0.3) is 11.8 Å². The molecule has 0 saturated carbocycles. The van der Waals surface area contributed by atoms with Crippen LogP contribution in [0.2, 0.25) is 0 Å². The molecule has 0 aliphatic heterocycles. The number of benzene rings is 2. The molecule has 2 amide bonds. The lowest BCUT2D eigenvalue weighted by Crippen LogP contribution is -2.20. The zero-order chi connectivity index (χ0) is 19.8. The fourth-order valence-electron chi connectivity index (χ4n) is 2.28. The van der Waals surface area contributed by atoms with E-state index in [1.54, 1.807) is 30.3 Å². The summed E-state index contributed by atoms with van der Waals surface area (Å²) in [6.45, 7) is 1.73. The van der Waals surface area contributed by atoms with Crippen molar-refractivity contribution in [3.8, 4) is 17.6 Å². The Kier molecular flexibility index (Phi) is 6.55. The molecule has 0 aliphatic carbocycles. The number of hydrogen-bond acceptors (Lipinski definition) is 5. The molecule has 0 radical (unpaired) electrons. The van der Waals surface area contributed by atoms with Crippen molar-refractivity contribution in [1.29, 1.82) is 5.26 Å². The Bertz CT molecular complexity index is 929. The number of carbonyl (C=O) groups is 2. The molecule has 2 rings (SSSR count). The van der Waals surface area contributed by atoms with Crippen LogP contribution in [0.5, 0.6) is 11.5 Å². The van der Waals surface area contributed by atoms with E-state index >= 15 is 0 Å². The average molecular weight is 365 g/mol. The number of anilines is 1. The standard InChI is InChI=1S/C20H19N3O4/c1-13-4-3-5-16(8-13)23-19(24)12-27-17-7-6-14(10-18(17)26-2)9-15(11-21)20(22)25/h3-10H,12H2,1-2H3,(H2,22,25)(H,23,24). The van der Waals surface area contributed by atoms with Gasteiger partial charge in [-0.2, -0.15) is 5.26 Å². The summed E-state index contributed by atoms with van der Waals surface area (Å²) in [5.41, 5.74) is 7.20. The van der Waals surface area contributed by atoms with Crippen LogP contribution in [0.3, 0.4) is 0 Å². The van der Waals surface area contributed by atoms with Crippen LogP contribution in [-0.2, 0) is 9.59 Å². The lowest BCUT2D eigenvalue weighted by Gasteiger charge is -2.12. The predicted molar refractivity (Wildman–Crippen MR) is 101 cm³/mol. The molecule has 0 saturated heterocycles. The number of primary amides is 1. The Morgan fingerprint density at radius 2 is 2.00 bits per heavy atom. The van der Waals surface area contributed by atoms with Crippen molar-refractivity contribution in [1.82, 2.24) is 0 Å². The van der Waals surface area contributed by atoms with Crippen LogP contribution >= 0.6 is 0 Å². The monoisotopic (exact) mass is 365 g/mol. The quantitative estimate of drug-likeness (QED) is 0.578. The van der Waals surface area contributed by atoms with Crippen molar-refractivity contribution >= 4 is 23.6 Å². The minimum absolute atomic E-state index is 0.178. The molecule has 0 atom stereocenters. The van der Waals surface area contributed by atoms with Crippen LogP contribution in [0.1, 0.15) is 11.1 Å². The van der Waals surface area contributed by atoms with E-state index in [1.807, 2.05) is 25.1 Å². The van der Waals surface area contributed by atoms with Crippen LogP contribution in [0.25, 0.3) is 6.08 Å². The van der Waals surface area contributed by atoms with Crippen molar-refractivity contribution in [3.63, 3.8) is 0 Å². The zero-order valence-corrected chi connectivity index (χ0v) is 15.0. The molecule has 0 heterocycles. The molecule has 0 aromatic heterocycles. The highest BCUT2D eigenvalue weighted by molar-refractivity contribution is 6.00. The lowest BCUT2D eigenvalue weighted by molar-refractivity contribution is -0.118. The third kappa shape index (κ3) is 5.61. The number of aryl methyl sites for hydroxylation is 1. The van der Waals surface area contributed by atoms with Gasteiger partial charge in [-0.15, -0.1) is 0 Å². The molecular weight excluding hydrogens is 346 g/mol. The van der Waals surface area contributed by atoms with E-state index in [4.69, 9.17) is 20.5 Å². The fraction of sp³-hybridized carbons (Fsp3) is 0.150. The number of nitrogens with zero attached hydrogens (tertiary/aromatic N) is 1. The van der Waals surface area contributed by atoms with Gasteiger partial charge >= 0.3 is 0 Å². The van der Waals surface area contributed by atoms with E-state index in [1.165, 1.54) is 13.2 Å². The maximum Gasteiger partial charge on any atom is 0.262 e. The first kappa shape index (κ1) is 19.5. The Morgan fingerprint density at radius 1 is 1.22 bits per heavy atom. The summed E-state index contributed by atoms with van der Waals surface area (Å²) in [6.07, 6.45) is 1.35. The van der Waals surface area contributed by atoms with Crippen molar-refractivity contribution in [2.24, 2.45) is 5.73 Å². The van der Waals surface area contributed by atoms with Gasteiger partial charge < -0.3 is 20.5 Å². The highest BCUT2D eigenvalue weighted by atomic mass is 16.5. The molecular formula is C20H19N3O4. The van der Waals surface area contributed by atoms with Gasteiger partial charge in [-0.25, -0.2) is 0 Å². The maximum absolute atomic E-state index is 12.0. The van der Waals surface area contributed by atoms with E-state index in [0.29, 0.717) is 22.7 Å². The van der Waals surface area contributed by atoms with Gasteiger partial charge in [0.05, 0.1) is 7.11 Å². The first-order valence-electron chi connectivity index (χ1n) is 8.02. The lowest BCUT2D eigenvalue weighted by atomic mass is 10.1. The highest BCUT2D eigenvalue weighted by Gasteiger charge is 2.10. The Labute approximate surface area is 157 Å². The second-order valence-corrected chi connectivity index (χ2v) is 5.65. The van der Waals surface area contributed by atoms with Crippen molar-refractivity contribution in [2.75, 3.05) is 19.0 Å². The van der Waals surface area contributed by atoms with Gasteiger partial charge in [0.1, 0.15) is 11.6 Å². The smallest absolute Gasteiger partial charge is 0.262 e. The topological polar surface area (TPSA) is 114 Å². The zero-order valence-electron chi connectivity index (χ0n) is 15.0. The highest BCUT2D eigenvalue weighted by Crippen LogP contribution is 2.29. The summed E-state index contributed by atoms with van der Waals surface area (Å²) < 4.78 is 10.8. The first-order valence-corrected chi connectivity index (χ1v) is 8.02. The molecule has 0 aliphatic rings. The Morgan fingerprint density at radius 3 is 2.63 bits per heavy atom. The van der Waals surface area contributed by atoms with E-state index in [0.717, 1.165) is 5.56 Å². The minimum Gasteiger partial charge on any atom is -0.493 e. The van der Waals surface area contributed by atoms with Crippen LogP contribution < -0.4 is 20.5 Å². The van der Waals surface area contributed by atoms with Crippen LogP contribution in [0.15, 0.2) is 48.0 Å². The van der Waals surface area contributed by atoms with E-state index in [9.17, 15) is 9.59 Å². The number of carbonyl (C=O) groups excluding carboxylic acids is 2. The summed E-state index contributed by atoms with van der Waals surface area (Å²) in [5, 5.41) is 11.6. The first-order chi connectivity index (χ1) is 12.9.